The van der Waals surface area contributed by atoms with E-state index in [0.29, 0.717) is 30.7 Å². The van der Waals surface area contributed by atoms with E-state index < -0.39 is 19.3 Å². The smallest absolute Gasteiger partial charge is 0.273 e. The molecule has 0 aliphatic carbocycles. The van der Waals surface area contributed by atoms with Gasteiger partial charge in [-0.15, -0.1) is 10.2 Å². The lowest BCUT2D eigenvalue weighted by molar-refractivity contribution is 0.0751. The molecule has 0 radical (unpaired) electrons. The number of ether oxygens (including phenoxy) is 1. The number of anilines is 3. The van der Waals surface area contributed by atoms with Gasteiger partial charge in [0.05, 0.1) is 21.1 Å². The van der Waals surface area contributed by atoms with Crippen molar-refractivity contribution in [3.05, 3.63) is 30.1 Å². The minimum Gasteiger partial charge on any atom is -0.380 e. The predicted molar refractivity (Wildman–Crippen MR) is 108 cm³/mol. The first kappa shape index (κ1) is 13.8. The fourth-order valence-electron chi connectivity index (χ4n) is 3.08. The maximum atomic E-state index is 11.9. The highest BCUT2D eigenvalue weighted by molar-refractivity contribution is 5.96. The summed E-state index contributed by atoms with van der Waals surface area (Å²) in [7, 11) is 0. The highest BCUT2D eigenvalue weighted by Gasteiger charge is 2.24. The van der Waals surface area contributed by atoms with Gasteiger partial charge < -0.3 is 26.8 Å². The number of rotatable bonds is 6. The largest absolute Gasteiger partial charge is 0.380 e. The number of benzene rings is 1. The van der Waals surface area contributed by atoms with E-state index in [1.54, 1.807) is 12.1 Å². The van der Waals surface area contributed by atoms with Gasteiger partial charge in [-0.3, -0.25) is 9.48 Å². The molecule has 29 heavy (non-hydrogen) atoms. The van der Waals surface area contributed by atoms with Gasteiger partial charge in [-0.05, 0) is 31.5 Å². The number of primary amides is 1. The summed E-state index contributed by atoms with van der Waals surface area (Å²) in [6, 6.07) is 4.26. The van der Waals surface area contributed by atoms with Crippen LogP contribution >= 0.6 is 0 Å². The lowest BCUT2D eigenvalue weighted by atomic mass is 10.1. The number of nitrogens with zero attached hydrogens (tertiary/aromatic N) is 5. The topological polar surface area (TPSA) is 159 Å². The molecule has 6 N–H and O–H groups in total. The summed E-state index contributed by atoms with van der Waals surface area (Å²) in [5, 5.41) is 18.2. The molecule has 1 saturated heterocycles. The van der Waals surface area contributed by atoms with Crippen LogP contribution in [0, 0.1) is 0 Å². The zero-order chi connectivity index (χ0) is 24.7. The standard InChI is InChI=1S/C18H23N9O2/c1-2-27-14-4-3-11(7-10(14)8-21-27)22-17-15(16(20)28)25-26-18(24-17)23-13-5-6-29-9-12(13)19/h3-4,7-8,12-13H,2,5-6,9,19H2,1H3,(H2,20,28)(H2,22,23,24,26)/t12-,13+/m0/s1/i1D3,2D2. The molecule has 4 rings (SSSR count). The quantitative estimate of drug-likeness (QED) is 0.463. The zero-order valence-corrected chi connectivity index (χ0v) is 15.3. The summed E-state index contributed by atoms with van der Waals surface area (Å²) in [5.74, 6) is -0.638. The Hall–Kier alpha value is -3.31. The Labute approximate surface area is 173 Å². The van der Waals surface area contributed by atoms with E-state index in [1.807, 2.05) is 0 Å². The van der Waals surface area contributed by atoms with Crippen LogP contribution in [0.2, 0.25) is 0 Å². The van der Waals surface area contributed by atoms with Gasteiger partial charge in [0, 0.05) is 40.4 Å². The molecule has 1 aromatic carbocycles. The Kier molecular flexibility index (Phi) is 3.79. The van der Waals surface area contributed by atoms with Crippen LogP contribution in [-0.2, 0) is 11.2 Å². The summed E-state index contributed by atoms with van der Waals surface area (Å²) in [4.78, 5) is 16.2. The van der Waals surface area contributed by atoms with Gasteiger partial charge >= 0.3 is 0 Å². The van der Waals surface area contributed by atoms with Crippen molar-refractivity contribution >= 4 is 34.3 Å². The highest BCUT2D eigenvalue weighted by atomic mass is 16.5. The van der Waals surface area contributed by atoms with Crippen molar-refractivity contribution < 1.29 is 16.4 Å². The van der Waals surface area contributed by atoms with Gasteiger partial charge in [0.1, 0.15) is 0 Å². The van der Waals surface area contributed by atoms with Crippen molar-refractivity contribution in [1.82, 2.24) is 25.0 Å². The summed E-state index contributed by atoms with van der Waals surface area (Å²) in [6.45, 7) is -4.69. The van der Waals surface area contributed by atoms with Crippen LogP contribution in [0.1, 0.15) is 30.6 Å². The summed E-state index contributed by atoms with van der Waals surface area (Å²) in [6.07, 6.45) is 1.99. The Balaban J connectivity index is 1.63. The normalized spacial score (nSPS) is 22.7. The lowest BCUT2D eigenvalue weighted by Gasteiger charge is -2.29. The van der Waals surface area contributed by atoms with Gasteiger partial charge in [-0.1, -0.05) is 0 Å². The second-order valence-electron chi connectivity index (χ2n) is 6.54. The summed E-state index contributed by atoms with van der Waals surface area (Å²) < 4.78 is 44.5. The molecule has 0 saturated carbocycles. The van der Waals surface area contributed by atoms with Gasteiger partial charge in [-0.2, -0.15) is 10.1 Å². The van der Waals surface area contributed by atoms with E-state index in [2.05, 4.69) is 30.9 Å². The van der Waals surface area contributed by atoms with Gasteiger partial charge in [0.15, 0.2) is 11.5 Å². The van der Waals surface area contributed by atoms with Crippen molar-refractivity contribution in [2.45, 2.75) is 31.9 Å². The SMILES string of the molecule is [2H]C([2H])([2H])C([2H])([2H])n1ncc2cc(Nc3nc(N[C@@H]4CCOC[C@@H]4N)nnc3C(N)=O)ccc21. The lowest BCUT2D eigenvalue weighted by Crippen LogP contribution is -2.48. The molecular formula is C18H23N9O2. The molecule has 2 aromatic heterocycles. The Morgan fingerprint density at radius 2 is 2.38 bits per heavy atom. The minimum atomic E-state index is -2.91. The van der Waals surface area contributed by atoms with E-state index in [-0.39, 0.29) is 35.1 Å². The molecule has 0 unspecified atom stereocenters. The van der Waals surface area contributed by atoms with E-state index >= 15 is 0 Å². The molecule has 3 heterocycles. The van der Waals surface area contributed by atoms with E-state index in [9.17, 15) is 4.79 Å². The molecule has 2 atom stereocenters. The van der Waals surface area contributed by atoms with Gasteiger partial charge in [0.2, 0.25) is 5.95 Å². The van der Waals surface area contributed by atoms with Crippen molar-refractivity contribution in [1.29, 1.82) is 0 Å². The fraction of sp³-hybridized carbons (Fsp3) is 0.389. The number of fused-ring (bicyclic) bond motifs is 1. The van der Waals surface area contributed by atoms with Crippen molar-refractivity contribution in [3.63, 3.8) is 0 Å². The van der Waals surface area contributed by atoms with Crippen LogP contribution in [0.3, 0.4) is 0 Å². The van der Waals surface area contributed by atoms with Crippen LogP contribution in [0.5, 0.6) is 0 Å². The number of carbonyl (C=O) groups is 1. The Morgan fingerprint density at radius 1 is 1.48 bits per heavy atom. The van der Waals surface area contributed by atoms with E-state index in [1.165, 1.54) is 12.3 Å². The average Bonchev–Trinajstić information content (AvgIpc) is 3.18. The Bertz CT molecular complexity index is 1220. The second-order valence-corrected chi connectivity index (χ2v) is 6.54. The molecular weight excluding hydrogens is 374 g/mol. The van der Waals surface area contributed by atoms with Crippen molar-refractivity contribution in [2.75, 3.05) is 23.8 Å². The molecule has 1 aliphatic heterocycles. The van der Waals surface area contributed by atoms with Crippen LogP contribution < -0.4 is 22.1 Å². The first-order valence-electron chi connectivity index (χ1n) is 11.4. The third kappa shape index (κ3) is 3.96. The first-order chi connectivity index (χ1) is 16.0. The monoisotopic (exact) mass is 402 g/mol. The maximum Gasteiger partial charge on any atom is 0.273 e. The highest BCUT2D eigenvalue weighted by Crippen LogP contribution is 2.23. The Morgan fingerprint density at radius 3 is 3.17 bits per heavy atom. The van der Waals surface area contributed by atoms with Crippen molar-refractivity contribution in [3.8, 4) is 0 Å². The van der Waals surface area contributed by atoms with Gasteiger partial charge in [-0.25, -0.2) is 0 Å². The molecule has 1 amide bonds. The van der Waals surface area contributed by atoms with Crippen LogP contribution in [0.25, 0.3) is 10.9 Å². The molecule has 11 heteroatoms. The van der Waals surface area contributed by atoms with Crippen LogP contribution in [0.4, 0.5) is 17.5 Å². The number of aryl methyl sites for hydroxylation is 1. The second kappa shape index (κ2) is 7.97. The molecule has 1 fully saturated rings. The average molecular weight is 402 g/mol. The van der Waals surface area contributed by atoms with E-state index in [0.717, 1.165) is 4.68 Å². The zero-order valence-electron chi connectivity index (χ0n) is 20.3. The van der Waals surface area contributed by atoms with Crippen molar-refractivity contribution in [2.24, 2.45) is 11.5 Å². The maximum absolute atomic E-state index is 11.9. The number of hydrogen-bond donors (Lipinski definition) is 4. The summed E-state index contributed by atoms with van der Waals surface area (Å²) in [5.41, 5.74) is 12.0. The number of nitrogens with one attached hydrogen (secondary N) is 2. The first-order valence-corrected chi connectivity index (χ1v) is 8.87. The number of aromatic nitrogens is 5. The minimum absolute atomic E-state index is 0.0511. The number of hydrogen-bond acceptors (Lipinski definition) is 9. The molecule has 152 valence electrons. The molecule has 11 nitrogen and oxygen atoms in total. The van der Waals surface area contributed by atoms with Crippen LogP contribution in [-0.4, -0.2) is 56.2 Å². The third-order valence-electron chi connectivity index (χ3n) is 4.57. The molecule has 3 aromatic rings. The molecule has 1 aliphatic rings. The summed E-state index contributed by atoms with van der Waals surface area (Å²) >= 11 is 0. The van der Waals surface area contributed by atoms with Crippen LogP contribution in [0.15, 0.2) is 24.4 Å². The predicted octanol–water partition coefficient (Wildman–Crippen LogP) is 0.612. The molecule has 0 bridgehead atoms. The fourth-order valence-corrected chi connectivity index (χ4v) is 3.08. The molecule has 0 spiro atoms. The number of amides is 1. The van der Waals surface area contributed by atoms with E-state index in [4.69, 9.17) is 23.1 Å². The third-order valence-corrected chi connectivity index (χ3v) is 4.57. The van der Waals surface area contributed by atoms with Gasteiger partial charge in [0.25, 0.3) is 5.91 Å². The number of nitrogens with two attached hydrogens (primary N) is 2. The number of carbonyl (C=O) groups excluding carboxylic acids is 1.